The van der Waals surface area contributed by atoms with Crippen molar-refractivity contribution in [2.24, 2.45) is 0 Å². The molecule has 0 saturated heterocycles. The van der Waals surface area contributed by atoms with Gasteiger partial charge in [-0.2, -0.15) is 0 Å². The van der Waals surface area contributed by atoms with E-state index >= 15 is 0 Å². The molecule has 174 valence electrons. The Bertz CT molecular complexity index is 1250. The molecule has 0 bridgehead atoms. The van der Waals surface area contributed by atoms with Gasteiger partial charge in [-0.15, -0.1) is 10.2 Å². The van der Waals surface area contributed by atoms with Crippen LogP contribution in [0.25, 0.3) is 0 Å². The van der Waals surface area contributed by atoms with Gasteiger partial charge in [-0.25, -0.2) is 8.42 Å². The van der Waals surface area contributed by atoms with Crippen molar-refractivity contribution in [3.05, 3.63) is 64.7 Å². The predicted octanol–water partition coefficient (Wildman–Crippen LogP) is 3.68. The van der Waals surface area contributed by atoms with Gasteiger partial charge in [0.05, 0.1) is 31.4 Å². The van der Waals surface area contributed by atoms with Crippen molar-refractivity contribution in [2.45, 2.75) is 10.9 Å². The highest BCUT2D eigenvalue weighted by Gasteiger charge is 2.20. The fourth-order valence-electron chi connectivity index (χ4n) is 2.63. The molecular formula is C20H19ClN4O5S3. The van der Waals surface area contributed by atoms with Crippen molar-refractivity contribution in [1.29, 1.82) is 0 Å². The zero-order chi connectivity index (χ0) is 24.0. The molecule has 33 heavy (non-hydrogen) atoms. The average molecular weight is 527 g/mol. The summed E-state index contributed by atoms with van der Waals surface area (Å²) in [5.41, 5.74) is 1.36. The fourth-order valence-corrected chi connectivity index (χ4v) is 5.28. The minimum absolute atomic E-state index is 0.0564. The molecule has 0 saturated carbocycles. The number of sulfonamides is 1. The molecule has 0 aliphatic carbocycles. The molecule has 0 spiro atoms. The van der Waals surface area contributed by atoms with Crippen molar-refractivity contribution < 1.29 is 22.7 Å². The Hall–Kier alpha value is -2.67. The number of thioether (sulfide) groups is 1. The van der Waals surface area contributed by atoms with E-state index in [9.17, 15) is 18.0 Å². The normalized spacial score (nSPS) is 11.1. The van der Waals surface area contributed by atoms with E-state index in [-0.39, 0.29) is 17.4 Å². The lowest BCUT2D eigenvalue weighted by Gasteiger charge is -2.23. The summed E-state index contributed by atoms with van der Waals surface area (Å²) in [6, 6.07) is 13.1. The summed E-state index contributed by atoms with van der Waals surface area (Å²) in [5.74, 6) is -0.733. The number of amides is 1. The molecule has 2 aromatic carbocycles. The Morgan fingerprint density at radius 2 is 1.85 bits per heavy atom. The van der Waals surface area contributed by atoms with E-state index in [4.69, 9.17) is 11.6 Å². The van der Waals surface area contributed by atoms with E-state index in [2.05, 4.69) is 20.3 Å². The number of nitrogens with zero attached hydrogens (tertiary/aromatic N) is 3. The first kappa shape index (κ1) is 25.0. The van der Waals surface area contributed by atoms with Crippen molar-refractivity contribution in [1.82, 2.24) is 10.2 Å². The maximum atomic E-state index is 12.5. The van der Waals surface area contributed by atoms with Crippen LogP contribution in [0.3, 0.4) is 0 Å². The second-order valence-electron chi connectivity index (χ2n) is 6.60. The monoisotopic (exact) mass is 526 g/mol. The van der Waals surface area contributed by atoms with Gasteiger partial charge < -0.3 is 4.74 Å². The summed E-state index contributed by atoms with van der Waals surface area (Å²) in [7, 11) is -2.31. The molecule has 0 aliphatic heterocycles. The molecule has 0 fully saturated rings. The number of benzene rings is 2. The van der Waals surface area contributed by atoms with Crippen LogP contribution in [0.2, 0.25) is 5.02 Å². The summed E-state index contributed by atoms with van der Waals surface area (Å²) < 4.78 is 31.1. The van der Waals surface area contributed by atoms with Crippen molar-refractivity contribution in [3.63, 3.8) is 0 Å². The standard InChI is InChI=1S/C20H19ClN4O5S3/c1-30-17(26)12-31-20-24-23-19(32-20)22-18(27)13-7-9-15(10-8-13)25(33(2,28)29)11-14-5-3-4-6-16(14)21/h3-10H,11-12H2,1-2H3,(H,22,23,27). The van der Waals surface area contributed by atoms with Crippen LogP contribution in [0.4, 0.5) is 10.8 Å². The number of methoxy groups -OCH3 is 1. The maximum Gasteiger partial charge on any atom is 0.316 e. The van der Waals surface area contributed by atoms with Crippen LogP contribution in [0, 0.1) is 0 Å². The third kappa shape index (κ3) is 6.90. The summed E-state index contributed by atoms with van der Waals surface area (Å²) in [4.78, 5) is 23.8. The largest absolute Gasteiger partial charge is 0.468 e. The molecule has 0 atom stereocenters. The van der Waals surface area contributed by atoms with Gasteiger partial charge in [0.2, 0.25) is 15.2 Å². The van der Waals surface area contributed by atoms with Crippen LogP contribution in [0.5, 0.6) is 0 Å². The lowest BCUT2D eigenvalue weighted by atomic mass is 10.2. The number of esters is 1. The highest BCUT2D eigenvalue weighted by Crippen LogP contribution is 2.27. The zero-order valence-corrected chi connectivity index (χ0v) is 20.7. The topological polar surface area (TPSA) is 119 Å². The highest BCUT2D eigenvalue weighted by atomic mass is 35.5. The lowest BCUT2D eigenvalue weighted by molar-refractivity contribution is -0.137. The molecule has 3 rings (SSSR count). The van der Waals surface area contributed by atoms with Crippen molar-refractivity contribution in [2.75, 3.05) is 28.7 Å². The minimum Gasteiger partial charge on any atom is -0.468 e. The van der Waals surface area contributed by atoms with E-state index in [0.717, 1.165) is 29.4 Å². The van der Waals surface area contributed by atoms with Gasteiger partial charge in [0.15, 0.2) is 4.34 Å². The SMILES string of the molecule is COC(=O)CSc1nnc(NC(=O)c2ccc(N(Cc3ccccc3Cl)S(C)(=O)=O)cc2)s1. The van der Waals surface area contributed by atoms with Gasteiger partial charge in [-0.1, -0.05) is 52.9 Å². The molecule has 9 nitrogen and oxygen atoms in total. The first-order valence-electron chi connectivity index (χ1n) is 9.33. The van der Waals surface area contributed by atoms with Gasteiger partial charge in [-0.3, -0.25) is 19.2 Å². The number of nitrogens with one attached hydrogen (secondary N) is 1. The number of rotatable bonds is 9. The van der Waals surface area contributed by atoms with Gasteiger partial charge in [0.1, 0.15) is 0 Å². The second-order valence-corrected chi connectivity index (χ2v) is 11.1. The molecule has 0 aliphatic rings. The van der Waals surface area contributed by atoms with Gasteiger partial charge in [0, 0.05) is 10.6 Å². The fraction of sp³-hybridized carbons (Fsp3) is 0.200. The third-order valence-electron chi connectivity index (χ3n) is 4.26. The van der Waals surface area contributed by atoms with E-state index < -0.39 is 21.9 Å². The first-order chi connectivity index (χ1) is 15.7. The average Bonchev–Trinajstić information content (AvgIpc) is 3.23. The highest BCUT2D eigenvalue weighted by molar-refractivity contribution is 8.01. The van der Waals surface area contributed by atoms with Crippen molar-refractivity contribution in [3.8, 4) is 0 Å². The maximum absolute atomic E-state index is 12.5. The van der Waals surface area contributed by atoms with Crippen LogP contribution in [0.1, 0.15) is 15.9 Å². The lowest BCUT2D eigenvalue weighted by Crippen LogP contribution is -2.29. The number of hydrogen-bond acceptors (Lipinski definition) is 9. The zero-order valence-electron chi connectivity index (χ0n) is 17.5. The Morgan fingerprint density at radius 1 is 1.15 bits per heavy atom. The molecular weight excluding hydrogens is 508 g/mol. The van der Waals surface area contributed by atoms with Crippen LogP contribution in [-0.4, -0.2) is 49.6 Å². The molecule has 0 radical (unpaired) electrons. The number of anilines is 2. The second kappa shape index (κ2) is 11.0. The Labute approximate surface area is 204 Å². The summed E-state index contributed by atoms with van der Waals surface area (Å²) >= 11 is 8.46. The van der Waals surface area contributed by atoms with Gasteiger partial charge in [0.25, 0.3) is 5.91 Å². The smallest absolute Gasteiger partial charge is 0.316 e. The van der Waals surface area contributed by atoms with Crippen LogP contribution in [-0.2, 0) is 26.1 Å². The first-order valence-corrected chi connectivity index (χ1v) is 13.4. The predicted molar refractivity (Wildman–Crippen MR) is 130 cm³/mol. The van der Waals surface area contributed by atoms with E-state index in [1.165, 1.54) is 23.5 Å². The molecule has 3 aromatic rings. The Morgan fingerprint density at radius 3 is 2.48 bits per heavy atom. The molecule has 1 N–H and O–H groups in total. The molecule has 13 heteroatoms. The van der Waals surface area contributed by atoms with Crippen LogP contribution >= 0.6 is 34.7 Å². The molecule has 1 aromatic heterocycles. The third-order valence-corrected chi connectivity index (χ3v) is 7.71. The number of aromatic nitrogens is 2. The molecule has 0 unspecified atom stereocenters. The van der Waals surface area contributed by atoms with Gasteiger partial charge >= 0.3 is 5.97 Å². The minimum atomic E-state index is -3.60. The number of ether oxygens (including phenoxy) is 1. The van der Waals surface area contributed by atoms with E-state index in [1.807, 2.05) is 0 Å². The summed E-state index contributed by atoms with van der Waals surface area (Å²) in [6.07, 6.45) is 1.11. The molecule has 1 heterocycles. The Balaban J connectivity index is 1.70. The Kier molecular flexibility index (Phi) is 8.30. The summed E-state index contributed by atoms with van der Waals surface area (Å²) in [5, 5.41) is 11.2. The summed E-state index contributed by atoms with van der Waals surface area (Å²) in [6.45, 7) is 0.0564. The number of carbonyl (C=O) groups is 2. The quantitative estimate of drug-likeness (QED) is 0.255. The van der Waals surface area contributed by atoms with Gasteiger partial charge in [-0.05, 0) is 35.9 Å². The number of carbonyl (C=O) groups excluding carboxylic acids is 2. The van der Waals surface area contributed by atoms with Crippen molar-refractivity contribution >= 4 is 67.4 Å². The van der Waals surface area contributed by atoms with E-state index in [1.54, 1.807) is 36.4 Å². The van der Waals surface area contributed by atoms with Crippen LogP contribution < -0.4 is 9.62 Å². The number of hydrogen-bond donors (Lipinski definition) is 1. The number of halogens is 1. The van der Waals surface area contributed by atoms with E-state index in [0.29, 0.717) is 26.2 Å². The van der Waals surface area contributed by atoms with Crippen LogP contribution in [0.15, 0.2) is 52.9 Å². The molecule has 1 amide bonds.